The number of fused-ring (bicyclic) bond motifs is 3. The molecule has 1 saturated carbocycles. The van der Waals surface area contributed by atoms with E-state index in [0.717, 1.165) is 66.2 Å². The summed E-state index contributed by atoms with van der Waals surface area (Å²) in [7, 11) is -1.79. The van der Waals surface area contributed by atoms with Crippen molar-refractivity contribution < 1.29 is 22.7 Å². The molecule has 5 heterocycles. The zero-order chi connectivity index (χ0) is 28.8. The number of carbonyl (C=O) groups excluding carboxylic acids is 1. The Bertz CT molecular complexity index is 1820. The van der Waals surface area contributed by atoms with E-state index >= 15 is 0 Å². The second-order valence-electron chi connectivity index (χ2n) is 11.0. The molecule has 3 aromatic heterocycles. The van der Waals surface area contributed by atoms with Gasteiger partial charge in [-0.1, -0.05) is 6.07 Å². The molecule has 42 heavy (non-hydrogen) atoms. The number of nitrogens with one attached hydrogen (secondary N) is 1. The SMILES string of the molecule is COc1cc2c(nc1C1CC1)N(c1ccc3cnc(CNC(=O)c4ccc5c(c4)S(=O)(=O)CCOC5)cc3n1)CCC2. The van der Waals surface area contributed by atoms with E-state index in [1.54, 1.807) is 25.4 Å². The first-order valence-electron chi connectivity index (χ1n) is 14.2. The van der Waals surface area contributed by atoms with E-state index in [0.29, 0.717) is 17.2 Å². The van der Waals surface area contributed by atoms with E-state index in [-0.39, 0.29) is 41.9 Å². The van der Waals surface area contributed by atoms with Crippen LogP contribution in [0, 0.1) is 0 Å². The number of anilines is 2. The smallest absolute Gasteiger partial charge is 0.251 e. The maximum Gasteiger partial charge on any atom is 0.251 e. The molecular formula is C31H31N5O5S. The molecule has 0 spiro atoms. The minimum absolute atomic E-state index is 0.101. The number of benzene rings is 1. The molecule has 4 aromatic rings. The molecule has 10 nitrogen and oxygen atoms in total. The zero-order valence-electron chi connectivity index (χ0n) is 23.3. The van der Waals surface area contributed by atoms with Crippen LogP contribution in [0.3, 0.4) is 0 Å². The van der Waals surface area contributed by atoms with Gasteiger partial charge in [0, 0.05) is 29.6 Å². The predicted molar refractivity (Wildman–Crippen MR) is 157 cm³/mol. The van der Waals surface area contributed by atoms with Gasteiger partial charge in [-0.25, -0.2) is 18.4 Å². The highest BCUT2D eigenvalue weighted by molar-refractivity contribution is 7.91. The molecule has 7 rings (SSSR count). The van der Waals surface area contributed by atoms with Crippen LogP contribution in [0.25, 0.3) is 10.9 Å². The Labute approximate surface area is 244 Å². The van der Waals surface area contributed by atoms with E-state index in [9.17, 15) is 13.2 Å². The largest absolute Gasteiger partial charge is 0.495 e. The molecule has 2 aliphatic heterocycles. The van der Waals surface area contributed by atoms with Gasteiger partial charge in [0.05, 0.1) is 54.4 Å². The molecule has 0 atom stereocenters. The molecule has 216 valence electrons. The van der Waals surface area contributed by atoms with Gasteiger partial charge in [0.2, 0.25) is 0 Å². The summed E-state index contributed by atoms with van der Waals surface area (Å²) in [6.07, 6.45) is 5.98. The fourth-order valence-corrected chi connectivity index (χ4v) is 7.05. The van der Waals surface area contributed by atoms with Gasteiger partial charge >= 0.3 is 0 Å². The quantitative estimate of drug-likeness (QED) is 0.354. The van der Waals surface area contributed by atoms with E-state index in [1.165, 1.54) is 11.6 Å². The minimum Gasteiger partial charge on any atom is -0.495 e. The number of aryl methyl sites for hydroxylation is 1. The Balaban J connectivity index is 1.12. The van der Waals surface area contributed by atoms with Crippen molar-refractivity contribution in [1.82, 2.24) is 20.3 Å². The van der Waals surface area contributed by atoms with Gasteiger partial charge in [0.1, 0.15) is 17.4 Å². The topological polar surface area (TPSA) is 124 Å². The van der Waals surface area contributed by atoms with E-state index in [2.05, 4.69) is 21.3 Å². The molecule has 11 heteroatoms. The van der Waals surface area contributed by atoms with Crippen molar-refractivity contribution in [2.45, 2.75) is 49.6 Å². The van der Waals surface area contributed by atoms with E-state index in [4.69, 9.17) is 19.4 Å². The van der Waals surface area contributed by atoms with Crippen molar-refractivity contribution in [3.63, 3.8) is 0 Å². The first-order chi connectivity index (χ1) is 20.4. The lowest BCUT2D eigenvalue weighted by molar-refractivity contribution is 0.0950. The van der Waals surface area contributed by atoms with Gasteiger partial charge in [-0.05, 0) is 73.2 Å². The maximum absolute atomic E-state index is 13.0. The number of carbonyl (C=O) groups is 1. The second-order valence-corrected chi connectivity index (χ2v) is 13.1. The number of sulfone groups is 1. The van der Waals surface area contributed by atoms with Gasteiger partial charge in [-0.2, -0.15) is 0 Å². The summed E-state index contributed by atoms with van der Waals surface area (Å²) in [5.41, 5.74) is 4.46. The Hall–Kier alpha value is -4.09. The number of aromatic nitrogens is 3. The molecule has 0 bridgehead atoms. The van der Waals surface area contributed by atoms with Crippen LogP contribution in [0.5, 0.6) is 5.75 Å². The van der Waals surface area contributed by atoms with Crippen LogP contribution in [0.4, 0.5) is 11.6 Å². The molecule has 1 aromatic carbocycles. The number of rotatable bonds is 6. The highest BCUT2D eigenvalue weighted by Crippen LogP contribution is 2.46. The molecule has 0 radical (unpaired) electrons. The highest BCUT2D eigenvalue weighted by Gasteiger charge is 2.32. The van der Waals surface area contributed by atoms with Crippen LogP contribution in [0.1, 0.15) is 58.1 Å². The summed E-state index contributed by atoms with van der Waals surface area (Å²) in [6, 6.07) is 12.7. The third-order valence-electron chi connectivity index (χ3n) is 8.08. The molecule has 1 amide bonds. The van der Waals surface area contributed by atoms with Gasteiger partial charge in [-0.15, -0.1) is 0 Å². The van der Waals surface area contributed by atoms with Crippen LogP contribution in [-0.4, -0.2) is 55.3 Å². The average Bonchev–Trinajstić information content (AvgIpc) is 3.87. The predicted octanol–water partition coefficient (Wildman–Crippen LogP) is 4.23. The van der Waals surface area contributed by atoms with Crippen molar-refractivity contribution in [3.8, 4) is 5.75 Å². The number of hydrogen-bond acceptors (Lipinski definition) is 9. The Kier molecular flexibility index (Phi) is 6.78. The van der Waals surface area contributed by atoms with Gasteiger partial charge in [0.25, 0.3) is 5.91 Å². The molecule has 1 aliphatic carbocycles. The Morgan fingerprint density at radius 2 is 2.00 bits per heavy atom. The van der Waals surface area contributed by atoms with Crippen molar-refractivity contribution in [2.75, 3.05) is 30.9 Å². The monoisotopic (exact) mass is 585 g/mol. The van der Waals surface area contributed by atoms with Gasteiger partial charge < -0.3 is 19.7 Å². The molecule has 0 saturated heterocycles. The summed E-state index contributed by atoms with van der Waals surface area (Å²) in [4.78, 5) is 29.9. The molecule has 1 fully saturated rings. The van der Waals surface area contributed by atoms with Crippen LogP contribution in [-0.2, 0) is 34.1 Å². The van der Waals surface area contributed by atoms with Crippen LogP contribution >= 0.6 is 0 Å². The molecule has 3 aliphatic rings. The first kappa shape index (κ1) is 26.8. The third kappa shape index (κ3) is 5.07. The minimum atomic E-state index is -3.51. The Morgan fingerprint density at radius 3 is 2.83 bits per heavy atom. The number of ether oxygens (including phenoxy) is 2. The average molecular weight is 586 g/mol. The molecule has 1 N–H and O–H groups in total. The lowest BCUT2D eigenvalue weighted by atomic mass is 10.0. The summed E-state index contributed by atoms with van der Waals surface area (Å²) < 4.78 is 36.3. The van der Waals surface area contributed by atoms with E-state index in [1.807, 2.05) is 18.2 Å². The van der Waals surface area contributed by atoms with Crippen molar-refractivity contribution >= 4 is 38.3 Å². The Morgan fingerprint density at radius 1 is 1.12 bits per heavy atom. The van der Waals surface area contributed by atoms with E-state index < -0.39 is 9.84 Å². The van der Waals surface area contributed by atoms with Crippen molar-refractivity contribution in [2.24, 2.45) is 0 Å². The van der Waals surface area contributed by atoms with Crippen molar-refractivity contribution in [1.29, 1.82) is 0 Å². The van der Waals surface area contributed by atoms with Crippen LogP contribution < -0.4 is 15.0 Å². The fraction of sp³-hybridized carbons (Fsp3) is 0.355. The lowest BCUT2D eigenvalue weighted by Gasteiger charge is -2.30. The second kappa shape index (κ2) is 10.6. The van der Waals surface area contributed by atoms with Gasteiger partial charge in [0.15, 0.2) is 9.84 Å². The number of pyridine rings is 3. The summed E-state index contributed by atoms with van der Waals surface area (Å²) in [5.74, 6) is 2.64. The summed E-state index contributed by atoms with van der Waals surface area (Å²) in [6.45, 7) is 1.35. The number of nitrogens with zero attached hydrogens (tertiary/aromatic N) is 4. The number of hydrogen-bond donors (Lipinski definition) is 1. The van der Waals surface area contributed by atoms with Gasteiger partial charge in [-0.3, -0.25) is 9.78 Å². The molecular weight excluding hydrogens is 554 g/mol. The number of methoxy groups -OCH3 is 1. The first-order valence-corrected chi connectivity index (χ1v) is 15.9. The lowest BCUT2D eigenvalue weighted by Crippen LogP contribution is -2.27. The fourth-order valence-electron chi connectivity index (χ4n) is 5.66. The van der Waals surface area contributed by atoms with Crippen LogP contribution in [0.2, 0.25) is 0 Å². The zero-order valence-corrected chi connectivity index (χ0v) is 24.1. The third-order valence-corrected chi connectivity index (χ3v) is 9.83. The highest BCUT2D eigenvalue weighted by atomic mass is 32.2. The van der Waals surface area contributed by atoms with Crippen molar-refractivity contribution in [3.05, 3.63) is 76.7 Å². The number of amides is 1. The maximum atomic E-state index is 13.0. The summed E-state index contributed by atoms with van der Waals surface area (Å²) in [5, 5.41) is 3.76. The summed E-state index contributed by atoms with van der Waals surface area (Å²) >= 11 is 0. The molecule has 0 unspecified atom stereocenters. The van der Waals surface area contributed by atoms with Crippen LogP contribution in [0.15, 0.2) is 53.6 Å². The normalized spacial score (nSPS) is 17.7. The standard InChI is InChI=1S/C31H31N5O5S/c1-40-26-13-20-3-2-10-36(30(20)35-29(26)19-4-5-19)28-9-8-22-16-32-24(15-25(22)34-28)17-33-31(37)21-6-7-23-18-41-11-12-42(38,39)27(23)14-21/h6-9,13-16,19H,2-5,10-12,17-18H2,1H3,(H,33,37).